The minimum Gasteiger partial charge on any atom is -0.497 e. The lowest BCUT2D eigenvalue weighted by atomic mass is 10.5. The van der Waals surface area contributed by atoms with E-state index in [1.807, 2.05) is 0 Å². The standard InChI is InChI=1S/C19H29O12P/c1-7-15(20)29-32(23,30-17(21)14(25-9-3)13-24-8-2)31-18(22)16(26-10-4)19(27-11-5)28-12-6/h7,13H,1,8-12H2,2-6H3. The number of rotatable bonds is 16. The van der Waals surface area contributed by atoms with Crippen molar-refractivity contribution in [2.45, 2.75) is 34.6 Å². The highest BCUT2D eigenvalue weighted by atomic mass is 31.2. The first kappa shape index (κ1) is 28.9. The van der Waals surface area contributed by atoms with Gasteiger partial charge >= 0.3 is 31.7 Å². The van der Waals surface area contributed by atoms with Crippen LogP contribution in [0.1, 0.15) is 34.6 Å². The number of hydrogen-bond acceptors (Lipinski definition) is 12. The van der Waals surface area contributed by atoms with Crippen molar-refractivity contribution in [2.24, 2.45) is 0 Å². The quantitative estimate of drug-likeness (QED) is 0.182. The molecule has 13 heteroatoms. The van der Waals surface area contributed by atoms with Gasteiger partial charge in [-0.3, -0.25) is 0 Å². The molecule has 1 unspecified atom stereocenters. The van der Waals surface area contributed by atoms with E-state index in [2.05, 4.69) is 15.6 Å². The summed E-state index contributed by atoms with van der Waals surface area (Å²) in [5.41, 5.74) is 0. The summed E-state index contributed by atoms with van der Waals surface area (Å²) in [5, 5.41) is 0. The normalized spacial score (nSPS) is 12.3. The van der Waals surface area contributed by atoms with Gasteiger partial charge in [-0.2, -0.15) is 4.57 Å². The minimum atomic E-state index is -5.19. The topological polar surface area (TPSA) is 142 Å². The summed E-state index contributed by atoms with van der Waals surface area (Å²) in [6.07, 6.45) is 1.53. The van der Waals surface area contributed by atoms with Crippen LogP contribution >= 0.6 is 7.82 Å². The van der Waals surface area contributed by atoms with Gasteiger partial charge in [0.05, 0.1) is 33.0 Å². The average Bonchev–Trinajstić information content (AvgIpc) is 2.74. The molecule has 182 valence electrons. The molecule has 12 nitrogen and oxygen atoms in total. The third kappa shape index (κ3) is 10.3. The first-order chi connectivity index (χ1) is 15.2. The van der Waals surface area contributed by atoms with E-state index in [1.165, 1.54) is 0 Å². The summed E-state index contributed by atoms with van der Waals surface area (Å²) in [5.74, 6) is -5.60. The Morgan fingerprint density at radius 1 is 0.750 bits per heavy atom. The summed E-state index contributed by atoms with van der Waals surface area (Å²) in [6.45, 7) is 11.5. The predicted octanol–water partition coefficient (Wildman–Crippen LogP) is 3.10. The zero-order valence-electron chi connectivity index (χ0n) is 18.7. The van der Waals surface area contributed by atoms with Crippen LogP contribution in [0.15, 0.2) is 36.4 Å². The van der Waals surface area contributed by atoms with Gasteiger partial charge in [-0.15, -0.1) is 0 Å². The van der Waals surface area contributed by atoms with Crippen LogP contribution < -0.4 is 0 Å². The van der Waals surface area contributed by atoms with Gasteiger partial charge < -0.3 is 37.3 Å². The molecule has 0 aromatic carbocycles. The Labute approximate surface area is 186 Å². The van der Waals surface area contributed by atoms with Gasteiger partial charge in [0.25, 0.3) is 5.76 Å². The lowest BCUT2D eigenvalue weighted by Crippen LogP contribution is -2.19. The molecule has 0 heterocycles. The molecule has 0 spiro atoms. The molecule has 0 N–H and O–H groups in total. The van der Waals surface area contributed by atoms with Crippen LogP contribution in [-0.4, -0.2) is 50.9 Å². The van der Waals surface area contributed by atoms with Gasteiger partial charge in [0.1, 0.15) is 6.26 Å². The predicted molar refractivity (Wildman–Crippen MR) is 109 cm³/mol. The molecule has 0 rings (SSSR count). The summed E-state index contributed by atoms with van der Waals surface area (Å²) >= 11 is 0. The minimum absolute atomic E-state index is 0.0217. The van der Waals surface area contributed by atoms with Gasteiger partial charge in [0.2, 0.25) is 5.76 Å². The second-order valence-electron chi connectivity index (χ2n) is 5.11. The lowest BCUT2D eigenvalue weighted by molar-refractivity contribution is -0.143. The third-order valence-corrected chi connectivity index (χ3v) is 4.01. The number of carbonyl (C=O) groups excluding carboxylic acids is 3. The van der Waals surface area contributed by atoms with Crippen LogP contribution in [0, 0.1) is 0 Å². The molecule has 0 bridgehead atoms. The molecule has 0 saturated carbocycles. The molecular formula is C19H29O12P. The van der Waals surface area contributed by atoms with Crippen LogP contribution in [0.25, 0.3) is 0 Å². The van der Waals surface area contributed by atoms with Crippen molar-refractivity contribution in [1.82, 2.24) is 0 Å². The average molecular weight is 480 g/mol. The van der Waals surface area contributed by atoms with Gasteiger partial charge in [-0.25, -0.2) is 14.4 Å². The number of phosphoric ester groups is 1. The molecule has 0 aliphatic rings. The van der Waals surface area contributed by atoms with E-state index in [0.29, 0.717) is 6.08 Å². The molecule has 0 aromatic rings. The molecule has 0 saturated heterocycles. The zero-order chi connectivity index (χ0) is 24.6. The molecule has 1 atom stereocenters. The van der Waals surface area contributed by atoms with E-state index in [4.69, 9.17) is 28.2 Å². The molecule has 0 aliphatic heterocycles. The fraction of sp³-hybridized carbons (Fsp3) is 0.526. The van der Waals surface area contributed by atoms with E-state index in [9.17, 15) is 18.9 Å². The van der Waals surface area contributed by atoms with Crippen molar-refractivity contribution in [3.63, 3.8) is 0 Å². The van der Waals surface area contributed by atoms with Crippen LogP contribution in [0.2, 0.25) is 0 Å². The van der Waals surface area contributed by atoms with Crippen molar-refractivity contribution in [2.75, 3.05) is 33.0 Å². The van der Waals surface area contributed by atoms with Crippen molar-refractivity contribution in [3.8, 4) is 0 Å². The number of carbonyl (C=O) groups is 3. The summed E-state index contributed by atoms with van der Waals surface area (Å²) < 4.78 is 52.4. The molecule has 32 heavy (non-hydrogen) atoms. The number of phosphoric acid groups is 1. The Balaban J connectivity index is 6.04. The highest BCUT2D eigenvalue weighted by molar-refractivity contribution is 7.50. The third-order valence-electron chi connectivity index (χ3n) is 2.83. The maximum absolute atomic E-state index is 13.0. The van der Waals surface area contributed by atoms with E-state index >= 15 is 0 Å². The van der Waals surface area contributed by atoms with Crippen molar-refractivity contribution in [1.29, 1.82) is 0 Å². The van der Waals surface area contributed by atoms with Gasteiger partial charge in [0.15, 0.2) is 0 Å². The van der Waals surface area contributed by atoms with E-state index in [0.717, 1.165) is 6.26 Å². The SMILES string of the molecule is C=CC(=O)OP(=O)(OC(=O)C(=COCC)OCC)OC(=O)C(OCC)=C(OCC)OCC. The summed E-state index contributed by atoms with van der Waals surface area (Å²) in [7, 11) is -5.19. The highest BCUT2D eigenvalue weighted by Gasteiger charge is 2.42. The van der Waals surface area contributed by atoms with Crippen LogP contribution in [0.4, 0.5) is 0 Å². The fourth-order valence-corrected chi connectivity index (χ4v) is 2.71. The Hall–Kier alpha value is -3.14. The largest absolute Gasteiger partial charge is 0.654 e. The molecule has 0 aromatic heterocycles. The Morgan fingerprint density at radius 3 is 1.75 bits per heavy atom. The second kappa shape index (κ2) is 15.6. The Morgan fingerprint density at radius 2 is 1.28 bits per heavy atom. The second-order valence-corrected chi connectivity index (χ2v) is 6.55. The number of ether oxygens (including phenoxy) is 5. The first-order valence-electron chi connectivity index (χ1n) is 9.72. The van der Waals surface area contributed by atoms with Gasteiger partial charge in [0, 0.05) is 6.08 Å². The van der Waals surface area contributed by atoms with E-state index < -0.39 is 37.2 Å². The molecule has 0 aliphatic carbocycles. The smallest absolute Gasteiger partial charge is 0.497 e. The maximum atomic E-state index is 13.0. The molecule has 0 fully saturated rings. The first-order valence-corrected chi connectivity index (χ1v) is 11.2. The van der Waals surface area contributed by atoms with E-state index in [-0.39, 0.29) is 39.0 Å². The fourth-order valence-electron chi connectivity index (χ4n) is 1.73. The number of hydrogen-bond donors (Lipinski definition) is 0. The van der Waals surface area contributed by atoms with Crippen LogP contribution in [-0.2, 0) is 56.2 Å². The summed E-state index contributed by atoms with van der Waals surface area (Å²) in [6, 6.07) is 0. The monoisotopic (exact) mass is 480 g/mol. The maximum Gasteiger partial charge on any atom is 0.654 e. The van der Waals surface area contributed by atoms with Crippen LogP contribution in [0.3, 0.4) is 0 Å². The summed E-state index contributed by atoms with van der Waals surface area (Å²) in [4.78, 5) is 36.6. The van der Waals surface area contributed by atoms with Crippen molar-refractivity contribution < 1.29 is 56.2 Å². The Kier molecular flexibility index (Phi) is 14.1. The van der Waals surface area contributed by atoms with Crippen molar-refractivity contribution in [3.05, 3.63) is 36.4 Å². The van der Waals surface area contributed by atoms with Gasteiger partial charge in [-0.1, -0.05) is 6.58 Å². The lowest BCUT2D eigenvalue weighted by Gasteiger charge is -2.18. The molecule has 0 radical (unpaired) electrons. The Bertz CT molecular complexity index is 747. The zero-order valence-corrected chi connectivity index (χ0v) is 19.6. The highest BCUT2D eigenvalue weighted by Crippen LogP contribution is 2.51. The van der Waals surface area contributed by atoms with Crippen LogP contribution in [0.5, 0.6) is 0 Å². The van der Waals surface area contributed by atoms with Crippen molar-refractivity contribution >= 4 is 25.7 Å². The molecular weight excluding hydrogens is 451 g/mol. The van der Waals surface area contributed by atoms with Gasteiger partial charge in [-0.05, 0) is 34.6 Å². The molecule has 0 amide bonds. The van der Waals surface area contributed by atoms with E-state index in [1.54, 1.807) is 34.6 Å².